The summed E-state index contributed by atoms with van der Waals surface area (Å²) in [6.07, 6.45) is 0. The molecule has 28 heavy (non-hydrogen) atoms. The van der Waals surface area contributed by atoms with Gasteiger partial charge in [-0.3, -0.25) is 4.79 Å². The molecule has 1 heterocycles. The SMILES string of the molecule is COc1cc(Cl)ccc1NC(=O)C1=C(C)N(C)C(=S)NC1c1ccc(F)cc1. The summed E-state index contributed by atoms with van der Waals surface area (Å²) in [7, 11) is 3.28. The molecule has 0 fully saturated rings. The predicted octanol–water partition coefficient (Wildman–Crippen LogP) is 4.26. The number of methoxy groups -OCH3 is 1. The smallest absolute Gasteiger partial charge is 0.255 e. The second-order valence-electron chi connectivity index (χ2n) is 6.29. The summed E-state index contributed by atoms with van der Waals surface area (Å²) in [5.41, 5.74) is 2.39. The first kappa shape index (κ1) is 20.1. The van der Waals surface area contributed by atoms with Crippen LogP contribution in [0.15, 0.2) is 53.7 Å². The van der Waals surface area contributed by atoms with Gasteiger partial charge >= 0.3 is 0 Å². The van der Waals surface area contributed by atoms with Gasteiger partial charge in [0.25, 0.3) is 5.91 Å². The number of nitrogens with zero attached hydrogens (tertiary/aromatic N) is 1. The third-order valence-corrected chi connectivity index (χ3v) is 5.24. The van der Waals surface area contributed by atoms with Crippen LogP contribution in [0.4, 0.5) is 10.1 Å². The van der Waals surface area contributed by atoms with E-state index in [1.165, 1.54) is 19.2 Å². The number of carbonyl (C=O) groups excluding carboxylic acids is 1. The lowest BCUT2D eigenvalue weighted by atomic mass is 9.94. The van der Waals surface area contributed by atoms with E-state index >= 15 is 0 Å². The van der Waals surface area contributed by atoms with Crippen LogP contribution in [0, 0.1) is 5.82 Å². The Morgan fingerprint density at radius 2 is 1.96 bits per heavy atom. The van der Waals surface area contributed by atoms with Gasteiger partial charge in [-0.05, 0) is 49.0 Å². The standard InChI is InChI=1S/C20H19ClFN3O2S/c1-11-17(19(26)23-15-9-6-13(21)10-16(15)27-3)18(24-20(28)25(11)2)12-4-7-14(22)8-5-12/h4-10,18H,1-3H3,(H,23,26)(H,24,28). The van der Waals surface area contributed by atoms with E-state index in [1.807, 2.05) is 6.92 Å². The number of thiocarbonyl (C=S) groups is 1. The third-order valence-electron chi connectivity index (χ3n) is 4.61. The quantitative estimate of drug-likeness (QED) is 0.725. The van der Waals surface area contributed by atoms with Crippen LogP contribution in [0.5, 0.6) is 5.75 Å². The number of hydrogen-bond acceptors (Lipinski definition) is 3. The highest BCUT2D eigenvalue weighted by Crippen LogP contribution is 2.33. The summed E-state index contributed by atoms with van der Waals surface area (Å²) in [6, 6.07) is 10.4. The maximum Gasteiger partial charge on any atom is 0.255 e. The van der Waals surface area contributed by atoms with Gasteiger partial charge < -0.3 is 20.3 Å². The summed E-state index contributed by atoms with van der Waals surface area (Å²) >= 11 is 11.4. The number of ether oxygens (including phenoxy) is 1. The maximum absolute atomic E-state index is 13.4. The Morgan fingerprint density at radius 3 is 2.61 bits per heavy atom. The molecule has 1 amide bonds. The van der Waals surface area contributed by atoms with Gasteiger partial charge in [-0.2, -0.15) is 0 Å². The number of amides is 1. The van der Waals surface area contributed by atoms with Crippen molar-refractivity contribution in [2.45, 2.75) is 13.0 Å². The lowest BCUT2D eigenvalue weighted by Crippen LogP contribution is -2.46. The van der Waals surface area contributed by atoms with Gasteiger partial charge in [-0.25, -0.2) is 4.39 Å². The van der Waals surface area contributed by atoms with Crippen LogP contribution >= 0.6 is 23.8 Å². The molecule has 2 aromatic rings. The molecule has 0 spiro atoms. The molecule has 0 bridgehead atoms. The minimum absolute atomic E-state index is 0.325. The van der Waals surface area contributed by atoms with E-state index in [2.05, 4.69) is 10.6 Å². The number of benzene rings is 2. The normalized spacial score (nSPS) is 16.7. The highest BCUT2D eigenvalue weighted by molar-refractivity contribution is 7.80. The molecule has 0 saturated heterocycles. The van der Waals surface area contributed by atoms with Crippen molar-refractivity contribution in [3.63, 3.8) is 0 Å². The van der Waals surface area contributed by atoms with Gasteiger partial charge in [-0.15, -0.1) is 0 Å². The first-order chi connectivity index (χ1) is 13.3. The summed E-state index contributed by atoms with van der Waals surface area (Å²) in [5, 5.41) is 7.00. The Morgan fingerprint density at radius 1 is 1.29 bits per heavy atom. The molecule has 1 aliphatic heterocycles. The second-order valence-corrected chi connectivity index (χ2v) is 7.11. The van der Waals surface area contributed by atoms with Crippen molar-refractivity contribution in [3.05, 3.63) is 70.1 Å². The van der Waals surface area contributed by atoms with E-state index in [0.29, 0.717) is 32.8 Å². The molecule has 8 heteroatoms. The van der Waals surface area contributed by atoms with Crippen LogP contribution < -0.4 is 15.4 Å². The third kappa shape index (κ3) is 3.95. The van der Waals surface area contributed by atoms with Crippen molar-refractivity contribution < 1.29 is 13.9 Å². The number of anilines is 1. The van der Waals surface area contributed by atoms with E-state index in [1.54, 1.807) is 42.3 Å². The average Bonchev–Trinajstić information content (AvgIpc) is 2.67. The Kier molecular flexibility index (Phi) is 5.86. The summed E-state index contributed by atoms with van der Waals surface area (Å²) < 4.78 is 18.7. The van der Waals surface area contributed by atoms with E-state index in [9.17, 15) is 9.18 Å². The van der Waals surface area contributed by atoms with E-state index in [0.717, 1.165) is 5.56 Å². The van der Waals surface area contributed by atoms with Crippen LogP contribution in [-0.2, 0) is 4.79 Å². The highest BCUT2D eigenvalue weighted by atomic mass is 35.5. The molecule has 146 valence electrons. The number of rotatable bonds is 4. The summed E-state index contributed by atoms with van der Waals surface area (Å²) in [6.45, 7) is 1.82. The first-order valence-electron chi connectivity index (χ1n) is 8.47. The van der Waals surface area contributed by atoms with Gasteiger partial charge in [-0.1, -0.05) is 23.7 Å². The van der Waals surface area contributed by atoms with E-state index < -0.39 is 6.04 Å². The molecule has 2 aromatic carbocycles. The Labute approximate surface area is 173 Å². The number of nitrogens with one attached hydrogen (secondary N) is 2. The largest absolute Gasteiger partial charge is 0.495 e. The molecule has 0 saturated carbocycles. The summed E-state index contributed by atoms with van der Waals surface area (Å²) in [4.78, 5) is 14.9. The van der Waals surface area contributed by atoms with Crippen molar-refractivity contribution in [2.24, 2.45) is 0 Å². The fraction of sp³-hybridized carbons (Fsp3) is 0.200. The fourth-order valence-corrected chi connectivity index (χ4v) is 3.41. The highest BCUT2D eigenvalue weighted by Gasteiger charge is 2.32. The van der Waals surface area contributed by atoms with Crippen molar-refractivity contribution >= 4 is 40.5 Å². The van der Waals surface area contributed by atoms with Crippen LogP contribution in [-0.4, -0.2) is 30.1 Å². The summed E-state index contributed by atoms with van der Waals surface area (Å²) in [5.74, 6) is -0.226. The van der Waals surface area contributed by atoms with Crippen molar-refractivity contribution in [1.82, 2.24) is 10.2 Å². The maximum atomic E-state index is 13.4. The van der Waals surface area contributed by atoms with Crippen LogP contribution in [0.2, 0.25) is 5.02 Å². The van der Waals surface area contributed by atoms with Crippen molar-refractivity contribution in [3.8, 4) is 5.75 Å². The molecule has 0 aromatic heterocycles. The molecular weight excluding hydrogens is 401 g/mol. The zero-order valence-electron chi connectivity index (χ0n) is 15.5. The van der Waals surface area contributed by atoms with Gasteiger partial charge in [0.15, 0.2) is 5.11 Å². The van der Waals surface area contributed by atoms with E-state index in [4.69, 9.17) is 28.6 Å². The van der Waals surface area contributed by atoms with Crippen molar-refractivity contribution in [2.75, 3.05) is 19.5 Å². The van der Waals surface area contributed by atoms with Gasteiger partial charge in [0.05, 0.1) is 24.4 Å². The molecule has 3 rings (SSSR count). The molecular formula is C20H19ClFN3O2S. The molecule has 0 aliphatic carbocycles. The molecule has 0 radical (unpaired) electrons. The fourth-order valence-electron chi connectivity index (χ4n) is 2.99. The van der Waals surface area contributed by atoms with Gasteiger partial charge in [0.2, 0.25) is 0 Å². The molecule has 5 nitrogen and oxygen atoms in total. The average molecular weight is 420 g/mol. The molecule has 1 aliphatic rings. The van der Waals surface area contributed by atoms with Crippen molar-refractivity contribution in [1.29, 1.82) is 0 Å². The van der Waals surface area contributed by atoms with Gasteiger partial charge in [0, 0.05) is 23.8 Å². The Balaban J connectivity index is 2.00. The van der Waals surface area contributed by atoms with Gasteiger partial charge in [0.1, 0.15) is 11.6 Å². The number of carbonyl (C=O) groups is 1. The Hall–Kier alpha value is -2.64. The number of hydrogen-bond donors (Lipinski definition) is 2. The monoisotopic (exact) mass is 419 g/mol. The topological polar surface area (TPSA) is 53.6 Å². The lowest BCUT2D eigenvalue weighted by molar-refractivity contribution is -0.113. The number of halogens is 2. The van der Waals surface area contributed by atoms with E-state index in [-0.39, 0.29) is 11.7 Å². The second kappa shape index (κ2) is 8.16. The molecule has 1 unspecified atom stereocenters. The molecule has 2 N–H and O–H groups in total. The first-order valence-corrected chi connectivity index (χ1v) is 9.25. The number of allylic oxidation sites excluding steroid dienone is 1. The lowest BCUT2D eigenvalue weighted by Gasteiger charge is -2.35. The Bertz CT molecular complexity index is 962. The van der Waals surface area contributed by atoms with Crippen LogP contribution in [0.25, 0.3) is 0 Å². The molecule has 1 atom stereocenters. The van der Waals surface area contributed by atoms with Crippen LogP contribution in [0.1, 0.15) is 18.5 Å². The minimum atomic E-state index is -0.511. The zero-order valence-corrected chi connectivity index (χ0v) is 17.1. The minimum Gasteiger partial charge on any atom is -0.495 e. The van der Waals surface area contributed by atoms with Crippen LogP contribution in [0.3, 0.4) is 0 Å². The zero-order chi connectivity index (χ0) is 20.4. The predicted molar refractivity (Wildman–Crippen MR) is 112 cm³/mol.